The normalized spacial score (nSPS) is 17.7. The molecule has 2 aliphatic heterocycles. The highest BCUT2D eigenvalue weighted by Crippen LogP contribution is 2.36. The summed E-state index contributed by atoms with van der Waals surface area (Å²) >= 11 is 0. The van der Waals surface area contributed by atoms with Gasteiger partial charge in [0.15, 0.2) is 0 Å². The van der Waals surface area contributed by atoms with Gasteiger partial charge in [0, 0.05) is 37.9 Å². The van der Waals surface area contributed by atoms with Gasteiger partial charge in [-0.05, 0) is 66.9 Å². The lowest BCUT2D eigenvalue weighted by atomic mass is 10.0. The molecule has 1 aliphatic carbocycles. The molecule has 0 spiro atoms. The Hall–Kier alpha value is -4.71. The molecule has 1 saturated heterocycles. The highest BCUT2D eigenvalue weighted by Gasteiger charge is 2.30. The molecule has 3 aromatic rings. The first-order chi connectivity index (χ1) is 18.5. The topological polar surface area (TPSA) is 95.8 Å². The van der Waals surface area contributed by atoms with Crippen molar-refractivity contribution < 1.29 is 23.5 Å². The summed E-state index contributed by atoms with van der Waals surface area (Å²) < 4.78 is 26.1. The molecular formula is C29H23FN4O4. The zero-order valence-corrected chi connectivity index (χ0v) is 20.4. The number of pyridine rings is 1. The molecule has 1 amide bonds. The first kappa shape index (κ1) is 23.7. The van der Waals surface area contributed by atoms with Crippen LogP contribution in [-0.2, 0) is 4.74 Å². The summed E-state index contributed by atoms with van der Waals surface area (Å²) in [4.78, 5) is 33.5. The molecule has 0 bridgehead atoms. The lowest BCUT2D eigenvalue weighted by Crippen LogP contribution is -2.49. The van der Waals surface area contributed by atoms with E-state index in [1.807, 2.05) is 11.0 Å². The summed E-state index contributed by atoms with van der Waals surface area (Å²) in [5.74, 6) is 0.252. The summed E-state index contributed by atoms with van der Waals surface area (Å²) in [6.07, 6.45) is 5.40. The van der Waals surface area contributed by atoms with Gasteiger partial charge in [-0.1, -0.05) is 6.07 Å². The molecule has 190 valence electrons. The van der Waals surface area contributed by atoms with Crippen molar-refractivity contribution >= 4 is 29.5 Å². The van der Waals surface area contributed by atoms with E-state index in [-0.39, 0.29) is 11.7 Å². The maximum Gasteiger partial charge on any atom is 0.344 e. The second kappa shape index (κ2) is 9.63. The molecule has 6 rings (SSSR count). The number of cyclic esters (lactones) is 1. The van der Waals surface area contributed by atoms with Gasteiger partial charge in [-0.2, -0.15) is 5.26 Å². The van der Waals surface area contributed by atoms with Crippen LogP contribution in [0.25, 0.3) is 11.8 Å². The van der Waals surface area contributed by atoms with Crippen molar-refractivity contribution in [1.29, 1.82) is 5.26 Å². The summed E-state index contributed by atoms with van der Waals surface area (Å²) in [6.45, 7) is 1.88. The molecule has 0 radical (unpaired) electrons. The third-order valence-corrected chi connectivity index (χ3v) is 6.79. The Morgan fingerprint density at radius 3 is 2.61 bits per heavy atom. The number of ether oxygens (including phenoxy) is 2. The second-order valence-corrected chi connectivity index (χ2v) is 9.46. The van der Waals surface area contributed by atoms with Crippen LogP contribution in [0.5, 0.6) is 5.75 Å². The van der Waals surface area contributed by atoms with Gasteiger partial charge in [0.2, 0.25) is 0 Å². The Kier molecular flexibility index (Phi) is 6.00. The van der Waals surface area contributed by atoms with Gasteiger partial charge >= 0.3 is 5.97 Å². The highest BCUT2D eigenvalue weighted by atomic mass is 19.1. The number of hydrogen-bond acceptors (Lipinski definition) is 7. The number of nitrogens with zero attached hydrogens (tertiary/aromatic N) is 4. The van der Waals surface area contributed by atoms with E-state index in [4.69, 9.17) is 14.7 Å². The van der Waals surface area contributed by atoms with Crippen LogP contribution in [0.3, 0.4) is 0 Å². The van der Waals surface area contributed by atoms with Gasteiger partial charge in [-0.15, -0.1) is 0 Å². The Labute approximate surface area is 218 Å². The second-order valence-electron chi connectivity index (χ2n) is 9.46. The number of carbonyl (C=O) groups is 2. The maximum atomic E-state index is 14.8. The number of rotatable bonds is 5. The maximum absolute atomic E-state index is 14.8. The van der Waals surface area contributed by atoms with Crippen molar-refractivity contribution in [2.75, 3.05) is 31.1 Å². The summed E-state index contributed by atoms with van der Waals surface area (Å²) in [5, 5.41) is 8.95. The molecule has 2 aromatic carbocycles. The fourth-order valence-electron chi connectivity index (χ4n) is 4.57. The molecular weight excluding hydrogens is 487 g/mol. The van der Waals surface area contributed by atoms with Crippen LogP contribution < -0.4 is 9.64 Å². The van der Waals surface area contributed by atoms with Crippen molar-refractivity contribution in [3.8, 4) is 11.8 Å². The van der Waals surface area contributed by atoms with Gasteiger partial charge in [0.05, 0.1) is 22.8 Å². The lowest BCUT2D eigenvalue weighted by molar-refractivity contribution is 0.0714. The van der Waals surface area contributed by atoms with E-state index in [1.54, 1.807) is 47.4 Å². The van der Waals surface area contributed by atoms with Crippen molar-refractivity contribution in [2.24, 2.45) is 0 Å². The van der Waals surface area contributed by atoms with Gasteiger partial charge in [-0.3, -0.25) is 4.79 Å². The van der Waals surface area contributed by atoms with Crippen molar-refractivity contribution in [1.82, 2.24) is 9.88 Å². The average Bonchev–Trinajstić information content (AvgIpc) is 3.71. The first-order valence-electron chi connectivity index (χ1n) is 12.4. The molecule has 0 atom stereocenters. The molecule has 2 fully saturated rings. The monoisotopic (exact) mass is 510 g/mol. The number of anilines is 1. The minimum absolute atomic E-state index is 0.0420. The minimum Gasteiger partial charge on any atom is -0.490 e. The molecule has 1 saturated carbocycles. The Morgan fingerprint density at radius 2 is 1.89 bits per heavy atom. The quantitative estimate of drug-likeness (QED) is 0.473. The predicted molar refractivity (Wildman–Crippen MR) is 137 cm³/mol. The molecule has 1 aromatic heterocycles. The molecule has 38 heavy (non-hydrogen) atoms. The zero-order valence-electron chi connectivity index (χ0n) is 20.4. The van der Waals surface area contributed by atoms with E-state index in [0.717, 1.165) is 18.7 Å². The third-order valence-electron chi connectivity index (χ3n) is 6.79. The van der Waals surface area contributed by atoms with E-state index < -0.39 is 17.7 Å². The SMILES string of the molecule is N#Cc1ccc(N2CCN(C(=O)c3cc(C=C4OC(=O)c5ccc(OC6CC6)cc54)ccc3F)CC2)nc1. The van der Waals surface area contributed by atoms with Crippen LogP contribution in [-0.4, -0.2) is 54.0 Å². The van der Waals surface area contributed by atoms with E-state index in [2.05, 4.69) is 4.98 Å². The minimum atomic E-state index is -0.614. The lowest BCUT2D eigenvalue weighted by Gasteiger charge is -2.35. The molecule has 8 nitrogen and oxygen atoms in total. The van der Waals surface area contributed by atoms with Crippen LogP contribution in [0.1, 0.15) is 50.2 Å². The van der Waals surface area contributed by atoms with Crippen LogP contribution in [0.15, 0.2) is 54.7 Å². The zero-order chi connectivity index (χ0) is 26.2. The number of amides is 1. The van der Waals surface area contributed by atoms with Crippen LogP contribution in [0.4, 0.5) is 10.2 Å². The fraction of sp³-hybridized carbons (Fsp3) is 0.241. The Morgan fingerprint density at radius 1 is 1.08 bits per heavy atom. The van der Waals surface area contributed by atoms with Crippen LogP contribution >= 0.6 is 0 Å². The van der Waals surface area contributed by atoms with Crippen LogP contribution in [0, 0.1) is 17.1 Å². The number of hydrogen-bond donors (Lipinski definition) is 0. The number of piperazine rings is 1. The molecule has 0 unspecified atom stereocenters. The Balaban J connectivity index is 1.19. The average molecular weight is 511 g/mol. The molecule has 0 N–H and O–H groups in total. The number of aromatic nitrogens is 1. The number of nitriles is 1. The van der Waals surface area contributed by atoms with Gasteiger partial charge in [0.1, 0.15) is 29.2 Å². The number of esters is 1. The van der Waals surface area contributed by atoms with E-state index in [1.165, 1.54) is 18.3 Å². The number of halogens is 1. The number of benzene rings is 2. The third kappa shape index (κ3) is 4.68. The van der Waals surface area contributed by atoms with Gasteiger partial charge < -0.3 is 19.3 Å². The summed E-state index contributed by atoms with van der Waals surface area (Å²) in [7, 11) is 0. The number of fused-ring (bicyclic) bond motifs is 1. The first-order valence-corrected chi connectivity index (χ1v) is 12.4. The van der Waals surface area contributed by atoms with Gasteiger partial charge in [0.25, 0.3) is 5.91 Å². The van der Waals surface area contributed by atoms with E-state index >= 15 is 0 Å². The fourth-order valence-corrected chi connectivity index (χ4v) is 4.57. The van der Waals surface area contributed by atoms with E-state index in [0.29, 0.717) is 59.9 Å². The van der Waals surface area contributed by atoms with E-state index in [9.17, 15) is 14.0 Å². The Bertz CT molecular complexity index is 1500. The smallest absolute Gasteiger partial charge is 0.344 e. The predicted octanol–water partition coefficient (Wildman–Crippen LogP) is 4.26. The number of carbonyl (C=O) groups excluding carboxylic acids is 2. The standard InChI is InChI=1S/C29H23FN4O4/c30-25-7-1-18(14-26-23-15-21(37-20-3-4-20)5-6-22(23)29(36)38-26)13-24(25)28(35)34-11-9-33(10-12-34)27-8-2-19(16-31)17-32-27/h1-2,5-8,13-15,17,20H,3-4,9-12H2. The largest absolute Gasteiger partial charge is 0.490 e. The van der Waals surface area contributed by atoms with Crippen molar-refractivity contribution in [3.05, 3.63) is 88.4 Å². The summed E-state index contributed by atoms with van der Waals surface area (Å²) in [6, 6.07) is 15.0. The van der Waals surface area contributed by atoms with Crippen molar-refractivity contribution in [3.63, 3.8) is 0 Å². The van der Waals surface area contributed by atoms with Crippen molar-refractivity contribution in [2.45, 2.75) is 18.9 Å². The summed E-state index contributed by atoms with van der Waals surface area (Å²) in [5.41, 5.74) is 2.03. The molecule has 3 heterocycles. The molecule has 9 heteroatoms. The van der Waals surface area contributed by atoms with Crippen LogP contribution in [0.2, 0.25) is 0 Å². The molecule has 3 aliphatic rings. The highest BCUT2D eigenvalue weighted by molar-refractivity contribution is 6.06. The van der Waals surface area contributed by atoms with Gasteiger partial charge in [-0.25, -0.2) is 14.2 Å².